The molecule has 0 aromatic heterocycles. The fraction of sp³-hybridized carbons (Fsp3) is 0.417. The predicted molar refractivity (Wildman–Crippen MR) is 63.3 cm³/mol. The van der Waals surface area contributed by atoms with Crippen LogP contribution in [0.4, 0.5) is 0 Å². The van der Waals surface area contributed by atoms with E-state index in [4.69, 9.17) is 16.3 Å². The Balaban J connectivity index is 2.22. The molecule has 0 aliphatic carbocycles. The number of ketones is 1. The molecule has 1 aliphatic rings. The van der Waals surface area contributed by atoms with Gasteiger partial charge in [0.25, 0.3) is 0 Å². The minimum Gasteiger partial charge on any atom is -0.497 e. The molecular formula is C12H14ClNO2. The summed E-state index contributed by atoms with van der Waals surface area (Å²) >= 11 is 6.06. The van der Waals surface area contributed by atoms with Gasteiger partial charge in [0.1, 0.15) is 5.75 Å². The first-order chi connectivity index (χ1) is 7.72. The number of hydrogen-bond donors (Lipinski definition) is 1. The minimum atomic E-state index is 0.0610. The van der Waals surface area contributed by atoms with Gasteiger partial charge in [0.05, 0.1) is 12.1 Å². The Morgan fingerprint density at radius 3 is 2.94 bits per heavy atom. The third-order valence-electron chi connectivity index (χ3n) is 2.87. The summed E-state index contributed by atoms with van der Waals surface area (Å²) in [5.74, 6) is 0.856. The van der Waals surface area contributed by atoms with Crippen LogP contribution in [0.5, 0.6) is 5.75 Å². The number of carbonyl (C=O) groups is 1. The van der Waals surface area contributed by atoms with Crippen molar-refractivity contribution < 1.29 is 9.53 Å². The molecule has 0 amide bonds. The Kier molecular flexibility index (Phi) is 3.46. The molecule has 2 rings (SSSR count). The summed E-state index contributed by atoms with van der Waals surface area (Å²) in [5, 5.41) is 3.65. The molecule has 1 heterocycles. The summed E-state index contributed by atoms with van der Waals surface area (Å²) in [7, 11) is 1.58. The highest BCUT2D eigenvalue weighted by molar-refractivity contribution is 6.34. The van der Waals surface area contributed by atoms with Crippen LogP contribution < -0.4 is 10.1 Å². The molecule has 0 bridgehead atoms. The van der Waals surface area contributed by atoms with Crippen LogP contribution >= 0.6 is 11.6 Å². The Hall–Kier alpha value is -1.06. The van der Waals surface area contributed by atoms with Crippen molar-refractivity contribution >= 4 is 17.4 Å². The molecule has 86 valence electrons. The molecule has 0 spiro atoms. The SMILES string of the molecule is COc1ccc(C(=O)C2CCNC2)c(Cl)c1. The van der Waals surface area contributed by atoms with E-state index in [1.165, 1.54) is 0 Å². The molecule has 16 heavy (non-hydrogen) atoms. The summed E-state index contributed by atoms with van der Waals surface area (Å²) in [6.45, 7) is 1.66. The average molecular weight is 240 g/mol. The van der Waals surface area contributed by atoms with Crippen molar-refractivity contribution in [3.05, 3.63) is 28.8 Å². The van der Waals surface area contributed by atoms with E-state index in [1.54, 1.807) is 25.3 Å². The molecule has 4 heteroatoms. The van der Waals surface area contributed by atoms with Crippen molar-refractivity contribution in [2.45, 2.75) is 6.42 Å². The maximum absolute atomic E-state index is 12.1. The normalized spacial score (nSPS) is 19.8. The van der Waals surface area contributed by atoms with E-state index in [1.807, 2.05) is 0 Å². The second-order valence-corrected chi connectivity index (χ2v) is 4.31. The first-order valence-electron chi connectivity index (χ1n) is 5.31. The van der Waals surface area contributed by atoms with Gasteiger partial charge < -0.3 is 10.1 Å². The minimum absolute atomic E-state index is 0.0610. The van der Waals surface area contributed by atoms with E-state index in [0.717, 1.165) is 19.5 Å². The Morgan fingerprint density at radius 1 is 1.56 bits per heavy atom. The van der Waals surface area contributed by atoms with Crippen molar-refractivity contribution in [3.8, 4) is 5.75 Å². The fourth-order valence-electron chi connectivity index (χ4n) is 1.92. The van der Waals surface area contributed by atoms with Gasteiger partial charge in [-0.1, -0.05) is 11.6 Å². The second kappa shape index (κ2) is 4.85. The molecule has 1 aromatic rings. The zero-order valence-electron chi connectivity index (χ0n) is 9.13. The van der Waals surface area contributed by atoms with Gasteiger partial charge in [-0.25, -0.2) is 0 Å². The van der Waals surface area contributed by atoms with Gasteiger partial charge in [0, 0.05) is 18.0 Å². The summed E-state index contributed by atoms with van der Waals surface area (Å²) in [4.78, 5) is 12.1. The zero-order valence-corrected chi connectivity index (χ0v) is 9.88. The number of halogens is 1. The Labute approximate surface area is 99.7 Å². The molecule has 1 N–H and O–H groups in total. The number of hydrogen-bond acceptors (Lipinski definition) is 3. The molecule has 0 saturated carbocycles. The van der Waals surface area contributed by atoms with E-state index in [0.29, 0.717) is 16.3 Å². The van der Waals surface area contributed by atoms with Crippen molar-refractivity contribution in [2.75, 3.05) is 20.2 Å². The number of ether oxygens (including phenoxy) is 1. The quantitative estimate of drug-likeness (QED) is 0.822. The summed E-state index contributed by atoms with van der Waals surface area (Å²) < 4.78 is 5.05. The van der Waals surface area contributed by atoms with Crippen LogP contribution in [0.3, 0.4) is 0 Å². The highest BCUT2D eigenvalue weighted by Gasteiger charge is 2.25. The van der Waals surface area contributed by atoms with E-state index in [9.17, 15) is 4.79 Å². The van der Waals surface area contributed by atoms with E-state index in [-0.39, 0.29) is 11.7 Å². The standard InChI is InChI=1S/C12H14ClNO2/c1-16-9-2-3-10(11(13)6-9)12(15)8-4-5-14-7-8/h2-3,6,8,14H,4-5,7H2,1H3. The molecule has 1 saturated heterocycles. The summed E-state index contributed by atoms with van der Waals surface area (Å²) in [5.41, 5.74) is 0.594. The number of methoxy groups -OCH3 is 1. The van der Waals surface area contributed by atoms with Gasteiger partial charge in [0.2, 0.25) is 0 Å². The van der Waals surface area contributed by atoms with Crippen LogP contribution in [-0.4, -0.2) is 26.0 Å². The van der Waals surface area contributed by atoms with E-state index < -0.39 is 0 Å². The Morgan fingerprint density at radius 2 is 2.38 bits per heavy atom. The monoisotopic (exact) mass is 239 g/mol. The first kappa shape index (κ1) is 11.4. The van der Waals surface area contributed by atoms with Crippen LogP contribution in [-0.2, 0) is 0 Å². The lowest BCUT2D eigenvalue weighted by Gasteiger charge is -2.09. The smallest absolute Gasteiger partial charge is 0.168 e. The number of rotatable bonds is 3. The third kappa shape index (κ3) is 2.20. The molecular weight excluding hydrogens is 226 g/mol. The molecule has 1 aromatic carbocycles. The Bertz CT molecular complexity index is 400. The second-order valence-electron chi connectivity index (χ2n) is 3.90. The lowest BCUT2D eigenvalue weighted by atomic mass is 9.97. The van der Waals surface area contributed by atoms with Gasteiger partial charge in [-0.2, -0.15) is 0 Å². The van der Waals surface area contributed by atoms with Gasteiger partial charge in [-0.15, -0.1) is 0 Å². The maximum atomic E-state index is 12.1. The lowest BCUT2D eigenvalue weighted by molar-refractivity contribution is 0.0930. The summed E-state index contributed by atoms with van der Waals surface area (Å²) in [6, 6.07) is 5.18. The number of carbonyl (C=O) groups excluding carboxylic acids is 1. The highest BCUT2D eigenvalue weighted by atomic mass is 35.5. The van der Waals surface area contributed by atoms with E-state index >= 15 is 0 Å². The van der Waals surface area contributed by atoms with Crippen LogP contribution in [0.2, 0.25) is 5.02 Å². The van der Waals surface area contributed by atoms with Gasteiger partial charge >= 0.3 is 0 Å². The molecule has 1 aliphatic heterocycles. The van der Waals surface area contributed by atoms with Gasteiger partial charge in [0.15, 0.2) is 5.78 Å². The van der Waals surface area contributed by atoms with Crippen molar-refractivity contribution in [1.29, 1.82) is 0 Å². The maximum Gasteiger partial charge on any atom is 0.168 e. The number of Topliss-reactive ketones (excluding diaryl/α,β-unsaturated/α-hetero) is 1. The lowest BCUT2D eigenvalue weighted by Crippen LogP contribution is -2.18. The van der Waals surface area contributed by atoms with Crippen LogP contribution in [0.1, 0.15) is 16.8 Å². The number of benzene rings is 1. The molecule has 1 unspecified atom stereocenters. The first-order valence-corrected chi connectivity index (χ1v) is 5.68. The van der Waals surface area contributed by atoms with Crippen molar-refractivity contribution in [1.82, 2.24) is 5.32 Å². The van der Waals surface area contributed by atoms with E-state index in [2.05, 4.69) is 5.32 Å². The number of nitrogens with one attached hydrogen (secondary N) is 1. The van der Waals surface area contributed by atoms with Gasteiger partial charge in [-0.05, 0) is 31.2 Å². The zero-order chi connectivity index (χ0) is 11.5. The van der Waals surface area contributed by atoms with Crippen molar-refractivity contribution in [3.63, 3.8) is 0 Å². The average Bonchev–Trinajstić information content (AvgIpc) is 2.81. The molecule has 3 nitrogen and oxygen atoms in total. The topological polar surface area (TPSA) is 38.3 Å². The predicted octanol–water partition coefficient (Wildman–Crippen LogP) is 2.14. The largest absolute Gasteiger partial charge is 0.497 e. The van der Waals surface area contributed by atoms with Crippen molar-refractivity contribution in [2.24, 2.45) is 5.92 Å². The van der Waals surface area contributed by atoms with Gasteiger partial charge in [-0.3, -0.25) is 4.79 Å². The summed E-state index contributed by atoms with van der Waals surface area (Å²) in [6.07, 6.45) is 0.890. The van der Waals surface area contributed by atoms with Crippen LogP contribution in [0.15, 0.2) is 18.2 Å². The van der Waals surface area contributed by atoms with Crippen LogP contribution in [0.25, 0.3) is 0 Å². The third-order valence-corrected chi connectivity index (χ3v) is 3.19. The molecule has 1 atom stereocenters. The molecule has 1 fully saturated rings. The van der Waals surface area contributed by atoms with Crippen LogP contribution in [0, 0.1) is 5.92 Å². The molecule has 0 radical (unpaired) electrons. The fourth-order valence-corrected chi connectivity index (χ4v) is 2.18. The highest BCUT2D eigenvalue weighted by Crippen LogP contribution is 2.26.